The van der Waals surface area contributed by atoms with E-state index in [1.165, 1.54) is 0 Å². The van der Waals surface area contributed by atoms with Crippen molar-refractivity contribution < 1.29 is 9.59 Å². The van der Waals surface area contributed by atoms with Crippen LogP contribution in [0.25, 0.3) is 0 Å². The summed E-state index contributed by atoms with van der Waals surface area (Å²) in [6.45, 7) is 5.66. The molecule has 0 aromatic heterocycles. The molecule has 2 aromatic carbocycles. The summed E-state index contributed by atoms with van der Waals surface area (Å²) >= 11 is 0. The Morgan fingerprint density at radius 2 is 1.32 bits per heavy atom. The molecule has 4 nitrogen and oxygen atoms in total. The minimum atomic E-state index is -0.154. The molecule has 22 heavy (non-hydrogen) atoms. The minimum absolute atomic E-state index is 0.0311. The fourth-order valence-corrected chi connectivity index (χ4v) is 1.83. The molecule has 0 saturated carbocycles. The molecule has 0 atom stereocenters. The SMILES string of the molecule is Cc1ccc(C(=O)Nc2ccc(NC(=O)C(C)C)cc2)cc1. The number of anilines is 2. The van der Waals surface area contributed by atoms with E-state index in [2.05, 4.69) is 10.6 Å². The van der Waals surface area contributed by atoms with Crippen molar-refractivity contribution in [1.29, 1.82) is 0 Å². The van der Waals surface area contributed by atoms with Gasteiger partial charge in [-0.1, -0.05) is 31.5 Å². The zero-order valence-electron chi connectivity index (χ0n) is 13.0. The van der Waals surface area contributed by atoms with Crippen molar-refractivity contribution >= 4 is 23.2 Å². The highest BCUT2D eigenvalue weighted by Gasteiger charge is 2.08. The van der Waals surface area contributed by atoms with Gasteiger partial charge in [0.05, 0.1) is 0 Å². The fourth-order valence-electron chi connectivity index (χ4n) is 1.83. The molecule has 0 fully saturated rings. The molecule has 0 bridgehead atoms. The molecule has 0 aliphatic carbocycles. The van der Waals surface area contributed by atoms with Gasteiger partial charge in [-0.15, -0.1) is 0 Å². The average Bonchev–Trinajstić information content (AvgIpc) is 2.49. The van der Waals surface area contributed by atoms with E-state index in [9.17, 15) is 9.59 Å². The maximum absolute atomic E-state index is 12.1. The third kappa shape index (κ3) is 4.19. The number of hydrogen-bond donors (Lipinski definition) is 2. The van der Waals surface area contributed by atoms with Gasteiger partial charge >= 0.3 is 0 Å². The molecule has 0 aliphatic heterocycles. The summed E-state index contributed by atoms with van der Waals surface area (Å²) in [5, 5.41) is 5.64. The number of rotatable bonds is 4. The zero-order chi connectivity index (χ0) is 16.1. The van der Waals surface area contributed by atoms with Gasteiger partial charge in [-0.3, -0.25) is 9.59 Å². The van der Waals surface area contributed by atoms with E-state index in [1.54, 1.807) is 36.4 Å². The third-order valence-corrected chi connectivity index (χ3v) is 3.25. The highest BCUT2D eigenvalue weighted by Crippen LogP contribution is 2.15. The second kappa shape index (κ2) is 6.89. The molecule has 2 amide bonds. The first-order valence-corrected chi connectivity index (χ1v) is 7.24. The van der Waals surface area contributed by atoms with Crippen LogP contribution in [0.4, 0.5) is 11.4 Å². The lowest BCUT2D eigenvalue weighted by atomic mass is 10.1. The molecule has 0 unspecified atom stereocenters. The molecule has 114 valence electrons. The van der Waals surface area contributed by atoms with Gasteiger partial charge in [-0.05, 0) is 43.3 Å². The molecule has 2 rings (SSSR count). The maximum Gasteiger partial charge on any atom is 0.255 e. The molecule has 0 heterocycles. The lowest BCUT2D eigenvalue weighted by Gasteiger charge is -2.09. The summed E-state index contributed by atoms with van der Waals surface area (Å²) in [7, 11) is 0. The summed E-state index contributed by atoms with van der Waals surface area (Å²) in [5.74, 6) is -0.253. The van der Waals surface area contributed by atoms with Crippen molar-refractivity contribution in [2.24, 2.45) is 5.92 Å². The molecule has 4 heteroatoms. The molecule has 0 spiro atoms. The van der Waals surface area contributed by atoms with Crippen LogP contribution in [0, 0.1) is 12.8 Å². The van der Waals surface area contributed by atoms with E-state index in [0.717, 1.165) is 5.56 Å². The van der Waals surface area contributed by atoms with Crippen molar-refractivity contribution in [1.82, 2.24) is 0 Å². The van der Waals surface area contributed by atoms with Gasteiger partial charge in [-0.2, -0.15) is 0 Å². The van der Waals surface area contributed by atoms with E-state index in [4.69, 9.17) is 0 Å². The van der Waals surface area contributed by atoms with Crippen LogP contribution in [0.1, 0.15) is 29.8 Å². The minimum Gasteiger partial charge on any atom is -0.326 e. The zero-order valence-corrected chi connectivity index (χ0v) is 13.0. The van der Waals surface area contributed by atoms with Gasteiger partial charge in [0.25, 0.3) is 5.91 Å². The van der Waals surface area contributed by atoms with Crippen molar-refractivity contribution in [3.05, 3.63) is 59.7 Å². The van der Waals surface area contributed by atoms with Gasteiger partial charge in [0, 0.05) is 22.9 Å². The highest BCUT2D eigenvalue weighted by molar-refractivity contribution is 6.04. The summed E-state index contributed by atoms with van der Waals surface area (Å²) in [5.41, 5.74) is 3.13. The monoisotopic (exact) mass is 296 g/mol. The smallest absolute Gasteiger partial charge is 0.255 e. The van der Waals surface area contributed by atoms with E-state index < -0.39 is 0 Å². The quantitative estimate of drug-likeness (QED) is 0.900. The van der Waals surface area contributed by atoms with Crippen molar-refractivity contribution in [2.45, 2.75) is 20.8 Å². The Labute approximate surface area is 130 Å². The fraction of sp³-hybridized carbons (Fsp3) is 0.222. The molecular weight excluding hydrogens is 276 g/mol. The molecule has 2 N–H and O–H groups in total. The Kier molecular flexibility index (Phi) is 4.94. The topological polar surface area (TPSA) is 58.2 Å². The molecule has 0 aliphatic rings. The maximum atomic E-state index is 12.1. The number of benzene rings is 2. The Morgan fingerprint density at radius 1 is 0.818 bits per heavy atom. The second-order valence-corrected chi connectivity index (χ2v) is 5.54. The molecular formula is C18H20N2O2. The summed E-state index contributed by atoms with van der Waals surface area (Å²) in [6.07, 6.45) is 0. The Hall–Kier alpha value is -2.62. The number of carbonyl (C=O) groups excluding carboxylic acids is 2. The predicted molar refractivity (Wildman–Crippen MR) is 89.0 cm³/mol. The predicted octanol–water partition coefficient (Wildman–Crippen LogP) is 3.84. The first-order chi connectivity index (χ1) is 10.5. The average molecular weight is 296 g/mol. The van der Waals surface area contributed by atoms with E-state index >= 15 is 0 Å². The number of aryl methyl sites for hydroxylation is 1. The van der Waals surface area contributed by atoms with Crippen LogP contribution in [-0.4, -0.2) is 11.8 Å². The van der Waals surface area contributed by atoms with Gasteiger partial charge in [0.2, 0.25) is 5.91 Å². The Morgan fingerprint density at radius 3 is 1.82 bits per heavy atom. The third-order valence-electron chi connectivity index (χ3n) is 3.25. The van der Waals surface area contributed by atoms with Crippen LogP contribution < -0.4 is 10.6 Å². The largest absolute Gasteiger partial charge is 0.326 e. The lowest BCUT2D eigenvalue weighted by molar-refractivity contribution is -0.118. The molecule has 0 saturated heterocycles. The number of nitrogens with one attached hydrogen (secondary N) is 2. The summed E-state index contributed by atoms with van der Waals surface area (Å²) < 4.78 is 0. The first kappa shape index (κ1) is 15.8. The first-order valence-electron chi connectivity index (χ1n) is 7.24. The van der Waals surface area contributed by atoms with E-state index in [1.807, 2.05) is 32.9 Å². The number of amides is 2. The van der Waals surface area contributed by atoms with Gasteiger partial charge in [0.1, 0.15) is 0 Å². The second-order valence-electron chi connectivity index (χ2n) is 5.54. The van der Waals surface area contributed by atoms with Crippen LogP contribution in [0.15, 0.2) is 48.5 Å². The van der Waals surface area contributed by atoms with Crippen molar-refractivity contribution in [3.8, 4) is 0 Å². The highest BCUT2D eigenvalue weighted by atomic mass is 16.2. The van der Waals surface area contributed by atoms with Gasteiger partial charge < -0.3 is 10.6 Å². The van der Waals surface area contributed by atoms with E-state index in [0.29, 0.717) is 16.9 Å². The Bertz CT molecular complexity index is 658. The summed E-state index contributed by atoms with van der Waals surface area (Å²) in [4.78, 5) is 23.7. The van der Waals surface area contributed by atoms with Gasteiger partial charge in [0.15, 0.2) is 0 Å². The number of hydrogen-bond acceptors (Lipinski definition) is 2. The molecule has 0 radical (unpaired) electrons. The normalized spacial score (nSPS) is 10.4. The van der Waals surface area contributed by atoms with Crippen LogP contribution in [-0.2, 0) is 4.79 Å². The number of carbonyl (C=O) groups is 2. The lowest BCUT2D eigenvalue weighted by Crippen LogP contribution is -2.17. The Balaban J connectivity index is 2.00. The van der Waals surface area contributed by atoms with Crippen LogP contribution in [0.3, 0.4) is 0 Å². The van der Waals surface area contributed by atoms with Crippen molar-refractivity contribution in [3.63, 3.8) is 0 Å². The standard InChI is InChI=1S/C18H20N2O2/c1-12(2)17(21)19-15-8-10-16(11-9-15)20-18(22)14-6-4-13(3)5-7-14/h4-12H,1-3H3,(H,19,21)(H,20,22). The van der Waals surface area contributed by atoms with Crippen LogP contribution >= 0.6 is 0 Å². The van der Waals surface area contributed by atoms with Crippen LogP contribution in [0.2, 0.25) is 0 Å². The van der Waals surface area contributed by atoms with Gasteiger partial charge in [-0.25, -0.2) is 0 Å². The van der Waals surface area contributed by atoms with E-state index in [-0.39, 0.29) is 17.7 Å². The molecule has 2 aromatic rings. The van der Waals surface area contributed by atoms with Crippen LogP contribution in [0.5, 0.6) is 0 Å². The van der Waals surface area contributed by atoms with Crippen molar-refractivity contribution in [2.75, 3.05) is 10.6 Å². The summed E-state index contributed by atoms with van der Waals surface area (Å²) in [6, 6.07) is 14.5.